The predicted octanol–water partition coefficient (Wildman–Crippen LogP) is 2.45. The van der Waals surface area contributed by atoms with Gasteiger partial charge in [-0.25, -0.2) is 4.99 Å². The standard InChI is InChI=1S/C23H39N5O/c1-4-24-23(25-15-19(2)28-13-14-29-18-20(28)3)26-16-21-7-9-22(10-8-21)17-27-11-5-6-12-27/h7-10,19-20H,4-6,11-18H2,1-3H3,(H2,24,25,26). The van der Waals surface area contributed by atoms with Gasteiger partial charge in [-0.2, -0.15) is 0 Å². The molecule has 2 atom stereocenters. The number of ether oxygens (including phenoxy) is 1. The zero-order valence-corrected chi connectivity index (χ0v) is 18.5. The van der Waals surface area contributed by atoms with Crippen molar-refractivity contribution >= 4 is 5.96 Å². The highest BCUT2D eigenvalue weighted by Gasteiger charge is 2.23. The first-order valence-electron chi connectivity index (χ1n) is 11.3. The first-order chi connectivity index (χ1) is 14.2. The molecule has 1 aromatic rings. The van der Waals surface area contributed by atoms with E-state index in [-0.39, 0.29) is 0 Å². The second-order valence-corrected chi connectivity index (χ2v) is 8.39. The number of rotatable bonds is 8. The van der Waals surface area contributed by atoms with Crippen LogP contribution in [0.15, 0.2) is 29.3 Å². The Morgan fingerprint density at radius 3 is 2.55 bits per heavy atom. The molecule has 0 saturated carbocycles. The highest BCUT2D eigenvalue weighted by molar-refractivity contribution is 5.79. The maximum absolute atomic E-state index is 5.56. The van der Waals surface area contributed by atoms with E-state index < -0.39 is 0 Å². The quantitative estimate of drug-likeness (QED) is 0.518. The molecule has 2 heterocycles. The summed E-state index contributed by atoms with van der Waals surface area (Å²) in [6.07, 6.45) is 2.69. The monoisotopic (exact) mass is 401 g/mol. The summed E-state index contributed by atoms with van der Waals surface area (Å²) in [6.45, 7) is 15.3. The fraction of sp³-hybridized carbons (Fsp3) is 0.696. The van der Waals surface area contributed by atoms with Gasteiger partial charge >= 0.3 is 0 Å². The molecule has 0 aliphatic carbocycles. The van der Waals surface area contributed by atoms with E-state index in [2.05, 4.69) is 65.5 Å². The maximum atomic E-state index is 5.56. The van der Waals surface area contributed by atoms with Gasteiger partial charge in [0.1, 0.15) is 0 Å². The molecule has 0 radical (unpaired) electrons. The number of aliphatic imine (C=N–C) groups is 1. The average molecular weight is 402 g/mol. The molecule has 0 amide bonds. The fourth-order valence-electron chi connectivity index (χ4n) is 4.22. The molecule has 1 aromatic carbocycles. The highest BCUT2D eigenvalue weighted by Crippen LogP contribution is 2.14. The van der Waals surface area contributed by atoms with Gasteiger partial charge in [-0.3, -0.25) is 9.80 Å². The van der Waals surface area contributed by atoms with Crippen LogP contribution in [0.1, 0.15) is 44.7 Å². The first kappa shape index (κ1) is 22.1. The molecule has 2 N–H and O–H groups in total. The van der Waals surface area contributed by atoms with E-state index in [0.717, 1.165) is 45.4 Å². The summed E-state index contributed by atoms with van der Waals surface area (Å²) in [5, 5.41) is 6.89. The molecule has 29 heavy (non-hydrogen) atoms. The number of likely N-dealkylation sites (tertiary alicyclic amines) is 1. The van der Waals surface area contributed by atoms with Crippen LogP contribution in [-0.2, 0) is 17.8 Å². The van der Waals surface area contributed by atoms with E-state index in [1.165, 1.54) is 37.1 Å². The van der Waals surface area contributed by atoms with E-state index in [0.29, 0.717) is 18.6 Å². The largest absolute Gasteiger partial charge is 0.379 e. The lowest BCUT2D eigenvalue weighted by Gasteiger charge is -2.38. The molecule has 6 nitrogen and oxygen atoms in total. The average Bonchev–Trinajstić information content (AvgIpc) is 3.24. The minimum absolute atomic E-state index is 0.447. The summed E-state index contributed by atoms with van der Waals surface area (Å²) in [4.78, 5) is 9.85. The van der Waals surface area contributed by atoms with Crippen molar-refractivity contribution in [2.45, 2.75) is 58.8 Å². The molecule has 2 aliphatic rings. The number of benzene rings is 1. The summed E-state index contributed by atoms with van der Waals surface area (Å²) >= 11 is 0. The second-order valence-electron chi connectivity index (χ2n) is 8.39. The van der Waals surface area contributed by atoms with Gasteiger partial charge in [-0.05, 0) is 57.8 Å². The fourth-order valence-corrected chi connectivity index (χ4v) is 4.22. The minimum atomic E-state index is 0.447. The van der Waals surface area contributed by atoms with Crippen LogP contribution in [0.3, 0.4) is 0 Å². The van der Waals surface area contributed by atoms with Gasteiger partial charge in [0.05, 0.1) is 19.8 Å². The molecule has 0 aromatic heterocycles. The number of guanidine groups is 1. The summed E-state index contributed by atoms with van der Waals surface area (Å²) in [5.41, 5.74) is 2.65. The third-order valence-electron chi connectivity index (χ3n) is 5.94. The van der Waals surface area contributed by atoms with Crippen LogP contribution in [0.25, 0.3) is 0 Å². The van der Waals surface area contributed by atoms with Crippen molar-refractivity contribution < 1.29 is 4.74 Å². The first-order valence-corrected chi connectivity index (χ1v) is 11.3. The Labute approximate surface area is 176 Å². The number of nitrogens with one attached hydrogen (secondary N) is 2. The lowest BCUT2D eigenvalue weighted by molar-refractivity contribution is -0.0174. The Morgan fingerprint density at radius 1 is 1.14 bits per heavy atom. The smallest absolute Gasteiger partial charge is 0.191 e. The van der Waals surface area contributed by atoms with Gasteiger partial charge in [0, 0.05) is 38.3 Å². The molecule has 2 aliphatic heterocycles. The van der Waals surface area contributed by atoms with Gasteiger partial charge in [-0.1, -0.05) is 24.3 Å². The molecule has 2 fully saturated rings. The van der Waals surface area contributed by atoms with Gasteiger partial charge in [0.15, 0.2) is 5.96 Å². The molecule has 2 saturated heterocycles. The van der Waals surface area contributed by atoms with E-state index in [4.69, 9.17) is 9.73 Å². The van der Waals surface area contributed by atoms with E-state index >= 15 is 0 Å². The molecule has 6 heteroatoms. The highest BCUT2D eigenvalue weighted by atomic mass is 16.5. The van der Waals surface area contributed by atoms with E-state index in [1.807, 2.05) is 0 Å². The molecule has 2 unspecified atom stereocenters. The predicted molar refractivity (Wildman–Crippen MR) is 120 cm³/mol. The number of hydrogen-bond donors (Lipinski definition) is 2. The van der Waals surface area contributed by atoms with Gasteiger partial charge < -0.3 is 15.4 Å². The van der Waals surface area contributed by atoms with Crippen molar-refractivity contribution in [2.24, 2.45) is 4.99 Å². The lowest BCUT2D eigenvalue weighted by Crippen LogP contribution is -2.53. The summed E-state index contributed by atoms with van der Waals surface area (Å²) < 4.78 is 5.56. The van der Waals surface area contributed by atoms with E-state index in [9.17, 15) is 0 Å². The van der Waals surface area contributed by atoms with Gasteiger partial charge in [0.25, 0.3) is 0 Å². The molecule has 0 spiro atoms. The van der Waals surface area contributed by atoms with Crippen molar-refractivity contribution in [3.05, 3.63) is 35.4 Å². The van der Waals surface area contributed by atoms with Crippen molar-refractivity contribution in [2.75, 3.05) is 45.9 Å². The summed E-state index contributed by atoms with van der Waals surface area (Å²) in [6, 6.07) is 9.87. The zero-order chi connectivity index (χ0) is 20.5. The molecule has 162 valence electrons. The lowest BCUT2D eigenvalue weighted by atomic mass is 10.1. The van der Waals surface area contributed by atoms with Crippen LogP contribution in [0.2, 0.25) is 0 Å². The van der Waals surface area contributed by atoms with Crippen LogP contribution in [0.4, 0.5) is 0 Å². The maximum Gasteiger partial charge on any atom is 0.191 e. The van der Waals surface area contributed by atoms with Crippen LogP contribution in [-0.4, -0.2) is 73.8 Å². The zero-order valence-electron chi connectivity index (χ0n) is 18.5. The summed E-state index contributed by atoms with van der Waals surface area (Å²) in [5.74, 6) is 0.890. The van der Waals surface area contributed by atoms with Crippen LogP contribution >= 0.6 is 0 Å². The molecule has 3 rings (SSSR count). The van der Waals surface area contributed by atoms with Crippen molar-refractivity contribution in [3.63, 3.8) is 0 Å². The van der Waals surface area contributed by atoms with Crippen molar-refractivity contribution in [3.8, 4) is 0 Å². The summed E-state index contributed by atoms with van der Waals surface area (Å²) in [7, 11) is 0. The molecular formula is C23H39N5O. The van der Waals surface area contributed by atoms with Crippen LogP contribution < -0.4 is 10.6 Å². The molecule has 0 bridgehead atoms. The van der Waals surface area contributed by atoms with Crippen LogP contribution in [0.5, 0.6) is 0 Å². The Bertz CT molecular complexity index is 627. The Kier molecular flexibility index (Phi) is 8.77. The Morgan fingerprint density at radius 2 is 1.86 bits per heavy atom. The van der Waals surface area contributed by atoms with Crippen molar-refractivity contribution in [1.82, 2.24) is 20.4 Å². The number of hydrogen-bond acceptors (Lipinski definition) is 4. The minimum Gasteiger partial charge on any atom is -0.379 e. The number of nitrogens with zero attached hydrogens (tertiary/aromatic N) is 3. The normalized spacial score (nSPS) is 22.6. The molecular weight excluding hydrogens is 362 g/mol. The van der Waals surface area contributed by atoms with Crippen LogP contribution in [0, 0.1) is 0 Å². The van der Waals surface area contributed by atoms with Gasteiger partial charge in [-0.15, -0.1) is 0 Å². The Balaban J connectivity index is 1.49. The van der Waals surface area contributed by atoms with Crippen molar-refractivity contribution in [1.29, 1.82) is 0 Å². The number of morpholine rings is 1. The third-order valence-corrected chi connectivity index (χ3v) is 5.94. The Hall–Kier alpha value is -1.63. The van der Waals surface area contributed by atoms with Gasteiger partial charge in [0.2, 0.25) is 0 Å². The second kappa shape index (κ2) is 11.5. The van der Waals surface area contributed by atoms with E-state index in [1.54, 1.807) is 0 Å². The third kappa shape index (κ3) is 6.98. The topological polar surface area (TPSA) is 52.1 Å². The SMILES string of the molecule is CCNC(=NCc1ccc(CN2CCCC2)cc1)NCC(C)N1CCOCC1C.